The van der Waals surface area contributed by atoms with Crippen molar-refractivity contribution < 1.29 is 23.8 Å². The molecule has 0 bridgehead atoms. The number of amides is 1. The standard InChI is InChI=1S/C16H21NO5S/c1-10(18)17-14(9-21-11(2)19)15(22-16(17)20-3)12-5-7-13(23-4)8-6-12/h5-8,14-16H,9H2,1-4H3/t14-,15-,16+/m0/s1. The van der Waals surface area contributed by atoms with E-state index in [0.29, 0.717) is 0 Å². The lowest BCUT2D eigenvalue weighted by Crippen LogP contribution is -2.44. The van der Waals surface area contributed by atoms with Crippen LogP contribution >= 0.6 is 11.8 Å². The molecule has 1 amide bonds. The first-order valence-corrected chi connectivity index (χ1v) is 8.45. The summed E-state index contributed by atoms with van der Waals surface area (Å²) in [7, 11) is 1.47. The van der Waals surface area contributed by atoms with Crippen molar-refractivity contribution in [2.75, 3.05) is 20.0 Å². The Morgan fingerprint density at radius 3 is 2.39 bits per heavy atom. The second-order valence-electron chi connectivity index (χ2n) is 5.17. The van der Waals surface area contributed by atoms with E-state index < -0.39 is 24.5 Å². The molecule has 0 unspecified atom stereocenters. The Bertz CT molecular complexity index is 562. The van der Waals surface area contributed by atoms with E-state index in [1.807, 2.05) is 30.5 Å². The van der Waals surface area contributed by atoms with Gasteiger partial charge in [-0.3, -0.25) is 14.5 Å². The number of benzene rings is 1. The molecule has 126 valence electrons. The van der Waals surface area contributed by atoms with Gasteiger partial charge in [0.05, 0.1) is 0 Å². The summed E-state index contributed by atoms with van der Waals surface area (Å²) in [6, 6.07) is 7.46. The molecule has 7 heteroatoms. The molecule has 1 aromatic carbocycles. The van der Waals surface area contributed by atoms with Gasteiger partial charge >= 0.3 is 5.97 Å². The van der Waals surface area contributed by atoms with Crippen LogP contribution < -0.4 is 0 Å². The van der Waals surface area contributed by atoms with Crippen LogP contribution in [0.15, 0.2) is 29.2 Å². The van der Waals surface area contributed by atoms with Gasteiger partial charge in [0.1, 0.15) is 18.8 Å². The minimum absolute atomic E-state index is 0.0592. The molecule has 1 aliphatic rings. The molecule has 0 spiro atoms. The molecule has 2 rings (SSSR count). The first-order valence-electron chi connectivity index (χ1n) is 7.22. The van der Waals surface area contributed by atoms with Crippen LogP contribution in [-0.2, 0) is 23.8 Å². The third-order valence-corrected chi connectivity index (χ3v) is 4.41. The van der Waals surface area contributed by atoms with Gasteiger partial charge in [-0.05, 0) is 24.0 Å². The van der Waals surface area contributed by atoms with Crippen LogP contribution in [0.4, 0.5) is 0 Å². The second kappa shape index (κ2) is 7.81. The molecule has 0 N–H and O–H groups in total. The third-order valence-electron chi connectivity index (χ3n) is 3.66. The van der Waals surface area contributed by atoms with E-state index in [-0.39, 0.29) is 12.5 Å². The monoisotopic (exact) mass is 339 g/mol. The Hall–Kier alpha value is -1.57. The normalized spacial score (nSPS) is 23.8. The van der Waals surface area contributed by atoms with Crippen molar-refractivity contribution in [1.29, 1.82) is 0 Å². The lowest BCUT2D eigenvalue weighted by Gasteiger charge is -2.26. The quantitative estimate of drug-likeness (QED) is 0.605. The highest BCUT2D eigenvalue weighted by Gasteiger charge is 2.45. The number of methoxy groups -OCH3 is 1. The van der Waals surface area contributed by atoms with Gasteiger partial charge in [-0.1, -0.05) is 12.1 Å². The molecule has 0 radical (unpaired) electrons. The molecule has 1 heterocycles. The molecule has 0 saturated carbocycles. The zero-order valence-corrected chi connectivity index (χ0v) is 14.5. The summed E-state index contributed by atoms with van der Waals surface area (Å²) < 4.78 is 16.3. The van der Waals surface area contributed by atoms with E-state index in [4.69, 9.17) is 14.2 Å². The van der Waals surface area contributed by atoms with Crippen molar-refractivity contribution in [2.24, 2.45) is 0 Å². The Labute approximate surface area is 140 Å². The molecule has 6 nitrogen and oxygen atoms in total. The molecule has 1 aromatic rings. The van der Waals surface area contributed by atoms with Gasteiger partial charge in [-0.15, -0.1) is 11.8 Å². The van der Waals surface area contributed by atoms with Crippen LogP contribution in [0.25, 0.3) is 0 Å². The molecule has 1 saturated heterocycles. The van der Waals surface area contributed by atoms with Gasteiger partial charge in [-0.2, -0.15) is 0 Å². The highest BCUT2D eigenvalue weighted by molar-refractivity contribution is 7.98. The summed E-state index contributed by atoms with van der Waals surface area (Å²) in [4.78, 5) is 25.7. The van der Waals surface area contributed by atoms with Gasteiger partial charge in [0, 0.05) is 25.9 Å². The Morgan fingerprint density at radius 1 is 1.26 bits per heavy atom. The number of carbonyl (C=O) groups is 2. The zero-order chi connectivity index (χ0) is 17.0. The average Bonchev–Trinajstić information content (AvgIpc) is 2.91. The van der Waals surface area contributed by atoms with Crippen molar-refractivity contribution in [3.63, 3.8) is 0 Å². The van der Waals surface area contributed by atoms with Crippen molar-refractivity contribution in [1.82, 2.24) is 4.90 Å². The van der Waals surface area contributed by atoms with E-state index in [1.165, 1.54) is 25.9 Å². The number of hydrogen-bond acceptors (Lipinski definition) is 6. The minimum Gasteiger partial charge on any atom is -0.464 e. The Kier molecular flexibility index (Phi) is 6.04. The van der Waals surface area contributed by atoms with Crippen LogP contribution in [0, 0.1) is 0 Å². The fraction of sp³-hybridized carbons (Fsp3) is 0.500. The van der Waals surface area contributed by atoms with Crippen LogP contribution in [0.1, 0.15) is 25.5 Å². The predicted molar refractivity (Wildman–Crippen MR) is 85.8 cm³/mol. The summed E-state index contributed by atoms with van der Waals surface area (Å²) in [6.45, 7) is 2.84. The topological polar surface area (TPSA) is 65.1 Å². The fourth-order valence-corrected chi connectivity index (χ4v) is 3.01. The molecule has 3 atom stereocenters. The fourth-order valence-electron chi connectivity index (χ4n) is 2.60. The van der Waals surface area contributed by atoms with E-state index >= 15 is 0 Å². The van der Waals surface area contributed by atoms with E-state index in [1.54, 1.807) is 11.8 Å². The molecule has 0 aromatic heterocycles. The van der Waals surface area contributed by atoms with Gasteiger partial charge in [0.25, 0.3) is 0 Å². The van der Waals surface area contributed by atoms with Gasteiger partial charge in [0.2, 0.25) is 12.3 Å². The molecule has 1 fully saturated rings. The van der Waals surface area contributed by atoms with E-state index in [9.17, 15) is 9.59 Å². The molecule has 0 aliphatic carbocycles. The maximum atomic E-state index is 12.0. The summed E-state index contributed by atoms with van der Waals surface area (Å²) >= 11 is 1.65. The first kappa shape index (κ1) is 17.8. The van der Waals surface area contributed by atoms with E-state index in [0.717, 1.165) is 10.5 Å². The van der Waals surface area contributed by atoms with Gasteiger partial charge in [0.15, 0.2) is 0 Å². The van der Waals surface area contributed by atoms with E-state index in [2.05, 4.69) is 0 Å². The number of carbonyl (C=O) groups excluding carboxylic acids is 2. The van der Waals surface area contributed by atoms with Crippen LogP contribution in [-0.4, -0.2) is 49.2 Å². The van der Waals surface area contributed by atoms with Crippen LogP contribution in [0.5, 0.6) is 0 Å². The average molecular weight is 339 g/mol. The molecule has 1 aliphatic heterocycles. The number of thioether (sulfide) groups is 1. The Morgan fingerprint density at radius 2 is 1.91 bits per heavy atom. The first-order chi connectivity index (χ1) is 11.0. The summed E-state index contributed by atoms with van der Waals surface area (Å²) in [6.07, 6.45) is 0.792. The smallest absolute Gasteiger partial charge is 0.302 e. The maximum absolute atomic E-state index is 12.0. The van der Waals surface area contributed by atoms with Gasteiger partial charge < -0.3 is 14.2 Å². The number of esters is 1. The molecule has 23 heavy (non-hydrogen) atoms. The molecular formula is C16H21NO5S. The van der Waals surface area contributed by atoms with Crippen molar-refractivity contribution in [2.45, 2.75) is 37.3 Å². The molecular weight excluding hydrogens is 318 g/mol. The highest BCUT2D eigenvalue weighted by Crippen LogP contribution is 2.36. The summed E-state index contributed by atoms with van der Waals surface area (Å²) in [5.74, 6) is -0.594. The van der Waals surface area contributed by atoms with Crippen molar-refractivity contribution >= 4 is 23.6 Å². The van der Waals surface area contributed by atoms with Crippen molar-refractivity contribution in [3.8, 4) is 0 Å². The summed E-state index contributed by atoms with van der Waals surface area (Å²) in [5, 5.41) is 0. The lowest BCUT2D eigenvalue weighted by atomic mass is 10.0. The SMILES string of the molecule is CO[C@@H]1O[C@@H](c2ccc(SC)cc2)[C@H](COC(C)=O)N1C(C)=O. The third kappa shape index (κ3) is 4.04. The Balaban J connectivity index is 2.29. The second-order valence-corrected chi connectivity index (χ2v) is 6.05. The number of hydrogen-bond donors (Lipinski definition) is 0. The zero-order valence-electron chi connectivity index (χ0n) is 13.6. The van der Waals surface area contributed by atoms with Gasteiger partial charge in [-0.25, -0.2) is 0 Å². The minimum atomic E-state index is -0.793. The van der Waals surface area contributed by atoms with Crippen LogP contribution in [0.3, 0.4) is 0 Å². The van der Waals surface area contributed by atoms with Crippen molar-refractivity contribution in [3.05, 3.63) is 29.8 Å². The number of ether oxygens (including phenoxy) is 3. The predicted octanol–water partition coefficient (Wildman–Crippen LogP) is 2.19. The number of rotatable bonds is 5. The lowest BCUT2D eigenvalue weighted by molar-refractivity contribution is -0.182. The van der Waals surface area contributed by atoms with Crippen LogP contribution in [0.2, 0.25) is 0 Å². The summed E-state index contributed by atoms with van der Waals surface area (Å²) in [5.41, 5.74) is 0.908. The highest BCUT2D eigenvalue weighted by atomic mass is 32.2. The maximum Gasteiger partial charge on any atom is 0.302 e. The largest absolute Gasteiger partial charge is 0.464 e. The number of nitrogens with zero attached hydrogens (tertiary/aromatic N) is 1.